The summed E-state index contributed by atoms with van der Waals surface area (Å²) in [6, 6.07) is 11.2. The number of benzene rings is 2. The minimum absolute atomic E-state index is 0.0316. The van der Waals surface area contributed by atoms with Crippen LogP contribution in [0.5, 0.6) is 0 Å². The van der Waals surface area contributed by atoms with E-state index < -0.39 is 23.7 Å². The molecule has 2 aromatic carbocycles. The number of hydrogen-bond donors (Lipinski definition) is 2. The molecule has 2 aromatic rings. The van der Waals surface area contributed by atoms with Crippen molar-refractivity contribution >= 4 is 29.2 Å². The third kappa shape index (κ3) is 4.75. The summed E-state index contributed by atoms with van der Waals surface area (Å²) in [5, 5.41) is 4.14. The summed E-state index contributed by atoms with van der Waals surface area (Å²) in [7, 11) is 0. The van der Waals surface area contributed by atoms with Gasteiger partial charge in [0, 0.05) is 16.3 Å². The molecule has 0 aliphatic heterocycles. The van der Waals surface area contributed by atoms with E-state index in [1.54, 1.807) is 18.3 Å². The fourth-order valence-electron chi connectivity index (χ4n) is 2.41. The average Bonchev–Trinajstić information content (AvgIpc) is 2.62. The second-order valence-corrected chi connectivity index (χ2v) is 6.36. The summed E-state index contributed by atoms with van der Waals surface area (Å²) < 4.78 is 46.8. The molecule has 1 atom stereocenters. The van der Waals surface area contributed by atoms with Crippen molar-refractivity contribution in [2.75, 3.05) is 11.9 Å². The van der Waals surface area contributed by atoms with Crippen molar-refractivity contribution in [1.29, 1.82) is 0 Å². The van der Waals surface area contributed by atoms with Crippen LogP contribution in [-0.2, 0) is 9.53 Å². The Balaban J connectivity index is 2.50. The van der Waals surface area contributed by atoms with Crippen molar-refractivity contribution in [3.8, 4) is 0 Å². The summed E-state index contributed by atoms with van der Waals surface area (Å²) >= 11 is 5.75. The van der Waals surface area contributed by atoms with E-state index in [1.807, 2.05) is 0 Å². The van der Waals surface area contributed by atoms with E-state index in [0.29, 0.717) is 10.6 Å². The molecule has 2 N–H and O–H groups in total. The molecule has 0 saturated heterocycles. The van der Waals surface area contributed by atoms with Crippen molar-refractivity contribution in [3.05, 3.63) is 64.7 Å². The van der Waals surface area contributed by atoms with E-state index in [-0.39, 0.29) is 17.9 Å². The Labute approximate surface area is 164 Å². The number of carbonyl (C=O) groups is 2. The molecule has 150 valence electrons. The zero-order valence-corrected chi connectivity index (χ0v) is 15.8. The minimum atomic E-state index is -5.21. The fourth-order valence-corrected chi connectivity index (χ4v) is 2.53. The first kappa shape index (κ1) is 21.6. The molecule has 2 rings (SSSR count). The zero-order chi connectivity index (χ0) is 20.9. The first-order valence-corrected chi connectivity index (χ1v) is 8.63. The molecule has 0 heterocycles. The summed E-state index contributed by atoms with van der Waals surface area (Å²) in [6.45, 7) is 2.74. The third-order valence-corrected chi connectivity index (χ3v) is 4.02. The van der Waals surface area contributed by atoms with Gasteiger partial charge in [-0.1, -0.05) is 29.3 Å². The van der Waals surface area contributed by atoms with E-state index in [9.17, 15) is 22.8 Å². The molecule has 0 aliphatic rings. The number of ether oxygens (including phenoxy) is 1. The second-order valence-electron chi connectivity index (χ2n) is 5.92. The van der Waals surface area contributed by atoms with Crippen LogP contribution in [0.3, 0.4) is 0 Å². The maximum absolute atomic E-state index is 14.1. The van der Waals surface area contributed by atoms with Gasteiger partial charge in [-0.3, -0.25) is 4.79 Å². The van der Waals surface area contributed by atoms with Crippen LogP contribution in [0.2, 0.25) is 5.02 Å². The lowest BCUT2D eigenvalue weighted by molar-refractivity contribution is -0.204. The molecule has 0 radical (unpaired) electrons. The topological polar surface area (TPSA) is 67.4 Å². The molecule has 0 saturated carbocycles. The number of halogens is 4. The van der Waals surface area contributed by atoms with E-state index in [1.165, 1.54) is 49.4 Å². The van der Waals surface area contributed by atoms with Crippen molar-refractivity contribution in [1.82, 2.24) is 5.32 Å². The number of esters is 1. The van der Waals surface area contributed by atoms with Gasteiger partial charge in [-0.15, -0.1) is 0 Å². The van der Waals surface area contributed by atoms with Gasteiger partial charge in [0.2, 0.25) is 0 Å². The molecule has 0 bridgehead atoms. The van der Waals surface area contributed by atoms with Crippen molar-refractivity contribution < 1.29 is 27.5 Å². The smallest absolute Gasteiger partial charge is 0.441 e. The minimum Gasteiger partial charge on any atom is -0.463 e. The van der Waals surface area contributed by atoms with Crippen molar-refractivity contribution in [3.63, 3.8) is 0 Å². The summed E-state index contributed by atoms with van der Waals surface area (Å²) in [5.41, 5.74) is -2.93. The van der Waals surface area contributed by atoms with Crippen LogP contribution in [0.25, 0.3) is 0 Å². The Hall–Kier alpha value is -2.74. The highest BCUT2D eigenvalue weighted by atomic mass is 35.5. The third-order valence-electron chi connectivity index (χ3n) is 3.76. The van der Waals surface area contributed by atoms with E-state index >= 15 is 0 Å². The van der Waals surface area contributed by atoms with Crippen molar-refractivity contribution in [2.45, 2.75) is 25.7 Å². The molecular weight excluding hydrogens is 397 g/mol. The van der Waals surface area contributed by atoms with Gasteiger partial charge in [0.05, 0.1) is 6.61 Å². The van der Waals surface area contributed by atoms with Crippen LogP contribution in [0.15, 0.2) is 48.5 Å². The molecule has 0 fully saturated rings. The fraction of sp³-hybridized carbons (Fsp3) is 0.263. The number of nitrogens with one attached hydrogen (secondary N) is 2. The maximum atomic E-state index is 14.1. The number of carbonyl (C=O) groups excluding carboxylic acids is 2. The molecule has 0 aromatic heterocycles. The molecule has 0 aliphatic carbocycles. The van der Waals surface area contributed by atoms with Crippen molar-refractivity contribution in [2.24, 2.45) is 0 Å². The largest absolute Gasteiger partial charge is 0.463 e. The van der Waals surface area contributed by atoms with Gasteiger partial charge in [-0.25, -0.2) is 4.79 Å². The lowest BCUT2D eigenvalue weighted by atomic mass is 10.1. The monoisotopic (exact) mass is 414 g/mol. The van der Waals surface area contributed by atoms with Crippen LogP contribution < -0.4 is 10.6 Å². The predicted octanol–water partition coefficient (Wildman–Crippen LogP) is 4.31. The molecule has 0 spiro atoms. The van der Waals surface area contributed by atoms with Gasteiger partial charge in [0.15, 0.2) is 0 Å². The number of anilines is 1. The van der Waals surface area contributed by atoms with E-state index in [0.717, 1.165) is 0 Å². The van der Waals surface area contributed by atoms with Gasteiger partial charge in [-0.05, 0) is 50.2 Å². The zero-order valence-electron chi connectivity index (χ0n) is 15.1. The van der Waals surface area contributed by atoms with E-state index in [4.69, 9.17) is 11.6 Å². The Bertz CT molecular complexity index is 856. The van der Waals surface area contributed by atoms with Gasteiger partial charge in [-0.2, -0.15) is 13.2 Å². The summed E-state index contributed by atoms with van der Waals surface area (Å²) in [6.07, 6.45) is -5.21. The van der Waals surface area contributed by atoms with Gasteiger partial charge in [0.25, 0.3) is 5.91 Å². The van der Waals surface area contributed by atoms with Crippen LogP contribution >= 0.6 is 11.6 Å². The standard InChI is InChI=1S/C19H18ClF3N2O3/c1-3-28-17(27)18(19(21,22)23,24-15-9-7-14(20)8-10-15)25-16(26)13-6-4-5-12(2)11-13/h4-11,24H,3H2,1-2H3,(H,25,26)/t18-/m0/s1. The molecule has 1 amide bonds. The van der Waals surface area contributed by atoms with Crippen LogP contribution in [0, 0.1) is 6.92 Å². The highest BCUT2D eigenvalue weighted by molar-refractivity contribution is 6.30. The molecule has 9 heteroatoms. The molecule has 28 heavy (non-hydrogen) atoms. The SMILES string of the molecule is CCOC(=O)[C@@](NC(=O)c1cccc(C)c1)(Nc1ccc(Cl)cc1)C(F)(F)F. The maximum Gasteiger partial charge on any atom is 0.441 e. The van der Waals surface area contributed by atoms with E-state index in [2.05, 4.69) is 10.1 Å². The van der Waals surface area contributed by atoms with Gasteiger partial charge < -0.3 is 15.4 Å². The number of aryl methyl sites for hydroxylation is 1. The van der Waals surface area contributed by atoms with Gasteiger partial charge >= 0.3 is 17.8 Å². The molecular formula is C19H18ClF3N2O3. The lowest BCUT2D eigenvalue weighted by Gasteiger charge is -2.35. The number of hydrogen-bond acceptors (Lipinski definition) is 4. The Morgan fingerprint density at radius 1 is 1.11 bits per heavy atom. The average molecular weight is 415 g/mol. The summed E-state index contributed by atoms with van der Waals surface area (Å²) in [4.78, 5) is 24.9. The first-order valence-electron chi connectivity index (χ1n) is 8.26. The molecule has 5 nitrogen and oxygen atoms in total. The normalized spacial score (nSPS) is 13.4. The van der Waals surface area contributed by atoms with Crippen LogP contribution in [0.1, 0.15) is 22.8 Å². The van der Waals surface area contributed by atoms with Gasteiger partial charge in [0.1, 0.15) is 0 Å². The number of rotatable bonds is 6. The number of amides is 1. The quantitative estimate of drug-likeness (QED) is 0.546. The highest BCUT2D eigenvalue weighted by Crippen LogP contribution is 2.34. The first-order chi connectivity index (χ1) is 13.1. The Kier molecular flexibility index (Phi) is 6.56. The van der Waals surface area contributed by atoms with Crippen LogP contribution in [0.4, 0.5) is 18.9 Å². The Morgan fingerprint density at radius 3 is 2.29 bits per heavy atom. The molecule has 0 unspecified atom stereocenters. The number of alkyl halides is 3. The van der Waals surface area contributed by atoms with Crippen LogP contribution in [-0.4, -0.2) is 30.3 Å². The summed E-state index contributed by atoms with van der Waals surface area (Å²) in [5.74, 6) is -2.77. The highest BCUT2D eigenvalue weighted by Gasteiger charge is 2.63. The lowest BCUT2D eigenvalue weighted by Crippen LogP contribution is -2.69. The predicted molar refractivity (Wildman–Crippen MR) is 99.1 cm³/mol. The second kappa shape index (κ2) is 8.52. The Morgan fingerprint density at radius 2 is 1.75 bits per heavy atom.